The molecule has 3 nitrogen and oxygen atoms in total. The third kappa shape index (κ3) is 4.16. The fraction of sp³-hybridized carbons (Fsp3) is 0.400. The second-order valence-corrected chi connectivity index (χ2v) is 3.94. The van der Waals surface area contributed by atoms with E-state index in [1.54, 1.807) is 25.4 Å². The largest absolute Gasteiger partial charge is 0.388 e. The molecule has 1 aromatic rings. The molecule has 0 saturated carbocycles. The first-order chi connectivity index (χ1) is 7.49. The Hall–Kier alpha value is -1.14. The molecule has 1 heterocycles. The fourth-order valence-electron chi connectivity index (χ4n) is 1.32. The minimum atomic E-state index is -2.33. The van der Waals surface area contributed by atoms with Crippen LogP contribution in [-0.2, 0) is 6.54 Å². The smallest absolute Gasteiger partial charge is 0.251 e. The van der Waals surface area contributed by atoms with E-state index in [4.69, 9.17) is 18.0 Å². The molecule has 0 atom stereocenters. The van der Waals surface area contributed by atoms with Crippen LogP contribution in [0.5, 0.6) is 0 Å². The number of thiocarbonyl (C=S) groups is 1. The third-order valence-electron chi connectivity index (χ3n) is 1.98. The minimum absolute atomic E-state index is 0.207. The number of rotatable bonds is 5. The molecule has 0 spiro atoms. The maximum absolute atomic E-state index is 12.1. The molecular formula is C10H13F2N3S. The standard InChI is InChI=1S/C10H13F2N3S/c1-15(6-9(11)12)5-7-2-3-14-8(4-7)10(13)16/h2-4,9H,5-6H2,1H3,(H2,13,16). The number of alkyl halides is 2. The highest BCUT2D eigenvalue weighted by atomic mass is 32.1. The summed E-state index contributed by atoms with van der Waals surface area (Å²) in [7, 11) is 1.63. The van der Waals surface area contributed by atoms with Gasteiger partial charge in [0.15, 0.2) is 0 Å². The molecule has 0 aromatic carbocycles. The second-order valence-electron chi connectivity index (χ2n) is 3.50. The molecule has 0 aliphatic carbocycles. The topological polar surface area (TPSA) is 42.2 Å². The van der Waals surface area contributed by atoms with Crippen molar-refractivity contribution >= 4 is 17.2 Å². The highest BCUT2D eigenvalue weighted by molar-refractivity contribution is 7.80. The van der Waals surface area contributed by atoms with Crippen molar-refractivity contribution in [1.82, 2.24) is 9.88 Å². The lowest BCUT2D eigenvalue weighted by molar-refractivity contribution is 0.0975. The van der Waals surface area contributed by atoms with E-state index in [2.05, 4.69) is 4.98 Å². The Bertz CT molecular complexity index is 371. The first-order valence-electron chi connectivity index (χ1n) is 4.70. The van der Waals surface area contributed by atoms with Crippen LogP contribution in [0.15, 0.2) is 18.3 Å². The molecular weight excluding hydrogens is 232 g/mol. The van der Waals surface area contributed by atoms with E-state index >= 15 is 0 Å². The summed E-state index contributed by atoms with van der Waals surface area (Å²) in [6, 6.07) is 3.47. The van der Waals surface area contributed by atoms with Crippen molar-refractivity contribution < 1.29 is 8.78 Å². The van der Waals surface area contributed by atoms with Crippen LogP contribution < -0.4 is 5.73 Å². The summed E-state index contributed by atoms with van der Waals surface area (Å²) in [6.45, 7) is 0.160. The summed E-state index contributed by atoms with van der Waals surface area (Å²) in [6.07, 6.45) is -0.762. The lowest BCUT2D eigenvalue weighted by atomic mass is 10.2. The third-order valence-corrected chi connectivity index (χ3v) is 2.19. The molecule has 1 rings (SSSR count). The van der Waals surface area contributed by atoms with Crippen LogP contribution in [0.3, 0.4) is 0 Å². The molecule has 0 amide bonds. The van der Waals surface area contributed by atoms with Gasteiger partial charge in [0, 0.05) is 12.7 Å². The van der Waals surface area contributed by atoms with E-state index in [0.717, 1.165) is 5.56 Å². The van der Waals surface area contributed by atoms with Crippen LogP contribution in [0, 0.1) is 0 Å². The highest BCUT2D eigenvalue weighted by Crippen LogP contribution is 2.06. The Kier molecular flexibility index (Phi) is 4.70. The summed E-state index contributed by atoms with van der Waals surface area (Å²) in [5, 5.41) is 0. The van der Waals surface area contributed by atoms with E-state index in [9.17, 15) is 8.78 Å². The molecule has 0 saturated heterocycles. The van der Waals surface area contributed by atoms with Gasteiger partial charge in [-0.25, -0.2) is 8.78 Å². The van der Waals surface area contributed by atoms with Crippen LogP contribution in [0.25, 0.3) is 0 Å². The predicted octanol–water partition coefficient (Wildman–Crippen LogP) is 1.41. The van der Waals surface area contributed by atoms with Crippen LogP contribution in [0.4, 0.5) is 8.78 Å². The van der Waals surface area contributed by atoms with Crippen molar-refractivity contribution in [3.63, 3.8) is 0 Å². The first-order valence-corrected chi connectivity index (χ1v) is 5.11. The summed E-state index contributed by atoms with van der Waals surface area (Å²) < 4.78 is 24.2. The minimum Gasteiger partial charge on any atom is -0.388 e. The Morgan fingerprint density at radius 3 is 2.88 bits per heavy atom. The number of halogens is 2. The summed E-state index contributed by atoms with van der Waals surface area (Å²) in [5.74, 6) is 0. The van der Waals surface area contributed by atoms with Crippen LogP contribution in [-0.4, -0.2) is 34.9 Å². The van der Waals surface area contributed by atoms with Crippen molar-refractivity contribution in [3.8, 4) is 0 Å². The molecule has 0 bridgehead atoms. The molecule has 0 radical (unpaired) electrons. The molecule has 0 unspecified atom stereocenters. The van der Waals surface area contributed by atoms with Crippen molar-refractivity contribution in [1.29, 1.82) is 0 Å². The summed E-state index contributed by atoms with van der Waals surface area (Å²) in [5.41, 5.74) is 6.80. The second kappa shape index (κ2) is 5.81. The maximum atomic E-state index is 12.1. The van der Waals surface area contributed by atoms with Crippen LogP contribution in [0.1, 0.15) is 11.3 Å². The lowest BCUT2D eigenvalue weighted by Crippen LogP contribution is -2.24. The van der Waals surface area contributed by atoms with Crippen molar-refractivity contribution in [2.24, 2.45) is 5.73 Å². The van der Waals surface area contributed by atoms with Gasteiger partial charge in [-0.05, 0) is 24.7 Å². The van der Waals surface area contributed by atoms with E-state index in [0.29, 0.717) is 12.2 Å². The van der Waals surface area contributed by atoms with Crippen molar-refractivity contribution in [3.05, 3.63) is 29.6 Å². The van der Waals surface area contributed by atoms with Gasteiger partial charge in [0.2, 0.25) is 0 Å². The number of hydrogen-bond acceptors (Lipinski definition) is 3. The molecule has 0 aliphatic rings. The molecule has 0 aliphatic heterocycles. The van der Waals surface area contributed by atoms with E-state index in [1.807, 2.05) is 0 Å². The van der Waals surface area contributed by atoms with Crippen LogP contribution in [0.2, 0.25) is 0 Å². The van der Waals surface area contributed by atoms with Gasteiger partial charge in [-0.2, -0.15) is 0 Å². The summed E-state index contributed by atoms with van der Waals surface area (Å²) in [4.78, 5) is 5.71. The van der Waals surface area contributed by atoms with E-state index in [-0.39, 0.29) is 11.5 Å². The Balaban J connectivity index is 2.66. The molecule has 6 heteroatoms. The van der Waals surface area contributed by atoms with Crippen LogP contribution >= 0.6 is 12.2 Å². The van der Waals surface area contributed by atoms with Gasteiger partial charge in [-0.1, -0.05) is 12.2 Å². The van der Waals surface area contributed by atoms with Crippen molar-refractivity contribution in [2.45, 2.75) is 13.0 Å². The van der Waals surface area contributed by atoms with E-state index in [1.165, 1.54) is 4.90 Å². The lowest BCUT2D eigenvalue weighted by Gasteiger charge is -2.16. The number of pyridine rings is 1. The Morgan fingerprint density at radius 2 is 2.31 bits per heavy atom. The Morgan fingerprint density at radius 1 is 1.62 bits per heavy atom. The van der Waals surface area contributed by atoms with Gasteiger partial charge < -0.3 is 5.73 Å². The normalized spacial score (nSPS) is 11.1. The first kappa shape index (κ1) is 12.9. The predicted molar refractivity (Wildman–Crippen MR) is 62.5 cm³/mol. The zero-order chi connectivity index (χ0) is 12.1. The fourth-order valence-corrected chi connectivity index (χ4v) is 1.43. The number of nitrogens with zero attached hydrogens (tertiary/aromatic N) is 2. The van der Waals surface area contributed by atoms with Gasteiger partial charge in [0.25, 0.3) is 6.43 Å². The molecule has 0 fully saturated rings. The van der Waals surface area contributed by atoms with Gasteiger partial charge >= 0.3 is 0 Å². The van der Waals surface area contributed by atoms with Gasteiger partial charge in [-0.15, -0.1) is 0 Å². The van der Waals surface area contributed by atoms with Gasteiger partial charge in [-0.3, -0.25) is 9.88 Å². The molecule has 2 N–H and O–H groups in total. The maximum Gasteiger partial charge on any atom is 0.251 e. The molecule has 1 aromatic heterocycles. The highest BCUT2D eigenvalue weighted by Gasteiger charge is 2.08. The number of aromatic nitrogens is 1. The Labute approximate surface area is 98.3 Å². The van der Waals surface area contributed by atoms with Crippen molar-refractivity contribution in [2.75, 3.05) is 13.6 Å². The molecule has 16 heavy (non-hydrogen) atoms. The van der Waals surface area contributed by atoms with E-state index < -0.39 is 6.43 Å². The number of hydrogen-bond donors (Lipinski definition) is 1. The zero-order valence-electron chi connectivity index (χ0n) is 8.86. The average Bonchev–Trinajstić information content (AvgIpc) is 2.16. The SMILES string of the molecule is CN(Cc1ccnc(C(N)=S)c1)CC(F)F. The quantitative estimate of drug-likeness (QED) is 0.797. The van der Waals surface area contributed by atoms with Gasteiger partial charge in [0.05, 0.1) is 12.2 Å². The summed E-state index contributed by atoms with van der Waals surface area (Å²) >= 11 is 4.79. The molecule has 88 valence electrons. The monoisotopic (exact) mass is 245 g/mol. The number of nitrogens with two attached hydrogens (primary N) is 1. The average molecular weight is 245 g/mol. The zero-order valence-corrected chi connectivity index (χ0v) is 9.68. The van der Waals surface area contributed by atoms with Gasteiger partial charge in [0.1, 0.15) is 4.99 Å².